The Bertz CT molecular complexity index is 129. The molecule has 0 saturated carbocycles. The van der Waals surface area contributed by atoms with Crippen LogP contribution in [-0.2, 0) is 4.74 Å². The normalized spacial score (nSPS) is 12.5. The zero-order valence-corrected chi connectivity index (χ0v) is 7.82. The van der Waals surface area contributed by atoms with E-state index >= 15 is 0 Å². The highest BCUT2D eigenvalue weighted by atomic mass is 19.4. The van der Waals surface area contributed by atoms with E-state index in [9.17, 15) is 13.2 Å². The number of rotatable bonds is 6. The molecule has 0 bridgehead atoms. The first-order valence-electron chi connectivity index (χ1n) is 4.05. The third kappa shape index (κ3) is 9.59. The van der Waals surface area contributed by atoms with E-state index < -0.39 is 13.1 Å². The molecule has 0 fully saturated rings. The topological polar surface area (TPSA) is 24.5 Å². The number of alkyl halides is 3. The highest BCUT2D eigenvalue weighted by Crippen LogP contribution is 2.15. The fraction of sp³-hybridized carbons (Fsp3) is 1.00. The molecule has 1 N–H and O–H groups in total. The monoisotopic (exact) mass is 200 g/mol. The SMILES string of the molecule is CCNCCN(C)COC(F)(F)F. The zero-order valence-electron chi connectivity index (χ0n) is 7.82. The molecule has 0 spiro atoms. The second kappa shape index (κ2) is 6.17. The highest BCUT2D eigenvalue weighted by molar-refractivity contribution is 4.49. The molecule has 0 rings (SSSR count). The van der Waals surface area contributed by atoms with Gasteiger partial charge in [-0.15, -0.1) is 13.2 Å². The van der Waals surface area contributed by atoms with Gasteiger partial charge in [-0.05, 0) is 13.6 Å². The van der Waals surface area contributed by atoms with E-state index in [0.29, 0.717) is 13.1 Å². The van der Waals surface area contributed by atoms with Gasteiger partial charge in [0.2, 0.25) is 0 Å². The van der Waals surface area contributed by atoms with Crippen LogP contribution in [0.2, 0.25) is 0 Å². The van der Waals surface area contributed by atoms with Gasteiger partial charge in [0.1, 0.15) is 6.73 Å². The molecule has 0 unspecified atom stereocenters. The standard InChI is InChI=1S/C7H15F3N2O/c1-3-11-4-5-12(2)6-13-7(8,9)10/h11H,3-6H2,1-2H3. The van der Waals surface area contributed by atoms with Gasteiger partial charge < -0.3 is 5.32 Å². The van der Waals surface area contributed by atoms with Crippen molar-refractivity contribution in [2.45, 2.75) is 13.3 Å². The number of nitrogens with one attached hydrogen (secondary N) is 1. The van der Waals surface area contributed by atoms with Crippen molar-refractivity contribution >= 4 is 0 Å². The summed E-state index contributed by atoms with van der Waals surface area (Å²) in [6.45, 7) is 3.52. The summed E-state index contributed by atoms with van der Waals surface area (Å²) in [5.74, 6) is 0. The van der Waals surface area contributed by atoms with Crippen LogP contribution in [0.3, 0.4) is 0 Å². The Labute approximate surface area is 75.8 Å². The Kier molecular flexibility index (Phi) is 6.02. The third-order valence-corrected chi connectivity index (χ3v) is 1.37. The van der Waals surface area contributed by atoms with Gasteiger partial charge in [0.15, 0.2) is 0 Å². The maximum Gasteiger partial charge on any atom is 0.523 e. The lowest BCUT2D eigenvalue weighted by Gasteiger charge is -2.17. The van der Waals surface area contributed by atoms with E-state index in [1.807, 2.05) is 6.92 Å². The molecule has 6 heteroatoms. The van der Waals surface area contributed by atoms with Crippen LogP contribution in [0.5, 0.6) is 0 Å². The molecule has 0 aliphatic heterocycles. The number of hydrogen-bond acceptors (Lipinski definition) is 3. The third-order valence-electron chi connectivity index (χ3n) is 1.37. The van der Waals surface area contributed by atoms with Crippen LogP contribution < -0.4 is 5.32 Å². The average molecular weight is 200 g/mol. The Morgan fingerprint density at radius 3 is 2.46 bits per heavy atom. The fourth-order valence-corrected chi connectivity index (χ4v) is 0.695. The van der Waals surface area contributed by atoms with Crippen molar-refractivity contribution in [3.63, 3.8) is 0 Å². The molecule has 0 saturated heterocycles. The second-order valence-electron chi connectivity index (χ2n) is 2.65. The summed E-state index contributed by atoms with van der Waals surface area (Å²) in [5.41, 5.74) is 0. The van der Waals surface area contributed by atoms with E-state index in [1.165, 1.54) is 4.90 Å². The molecule has 3 nitrogen and oxygen atoms in total. The van der Waals surface area contributed by atoms with Crippen LogP contribution in [0.25, 0.3) is 0 Å². The van der Waals surface area contributed by atoms with Crippen LogP contribution in [0.1, 0.15) is 6.92 Å². The van der Waals surface area contributed by atoms with Gasteiger partial charge in [-0.2, -0.15) is 0 Å². The minimum atomic E-state index is -4.54. The smallest absolute Gasteiger partial charge is 0.316 e. The maximum absolute atomic E-state index is 11.5. The van der Waals surface area contributed by atoms with Crippen LogP contribution in [0.15, 0.2) is 0 Å². The Morgan fingerprint density at radius 2 is 2.00 bits per heavy atom. The second-order valence-corrected chi connectivity index (χ2v) is 2.65. The molecule has 0 radical (unpaired) electrons. The predicted molar refractivity (Wildman–Crippen MR) is 43.2 cm³/mol. The minimum Gasteiger partial charge on any atom is -0.316 e. The van der Waals surface area contributed by atoms with Crippen LogP contribution in [0.4, 0.5) is 13.2 Å². The van der Waals surface area contributed by atoms with Crippen molar-refractivity contribution in [1.82, 2.24) is 10.2 Å². The lowest BCUT2D eigenvalue weighted by atomic mass is 10.5. The van der Waals surface area contributed by atoms with E-state index in [1.54, 1.807) is 7.05 Å². The van der Waals surface area contributed by atoms with E-state index in [0.717, 1.165) is 6.54 Å². The number of likely N-dealkylation sites (N-methyl/N-ethyl adjacent to an activating group) is 2. The zero-order chi connectivity index (χ0) is 10.3. The molecule has 0 atom stereocenters. The lowest BCUT2D eigenvalue weighted by molar-refractivity contribution is -0.335. The number of hydrogen-bond donors (Lipinski definition) is 1. The molecule has 80 valence electrons. The van der Waals surface area contributed by atoms with Crippen molar-refractivity contribution in [2.75, 3.05) is 33.4 Å². The highest BCUT2D eigenvalue weighted by Gasteiger charge is 2.29. The first-order valence-corrected chi connectivity index (χ1v) is 4.05. The van der Waals surface area contributed by atoms with Crippen molar-refractivity contribution in [1.29, 1.82) is 0 Å². The van der Waals surface area contributed by atoms with Gasteiger partial charge in [0, 0.05) is 13.1 Å². The van der Waals surface area contributed by atoms with Gasteiger partial charge in [0.25, 0.3) is 0 Å². The fourth-order valence-electron chi connectivity index (χ4n) is 0.695. The molecule has 0 aromatic carbocycles. The number of ether oxygens (including phenoxy) is 1. The molecule has 0 aromatic rings. The Hall–Kier alpha value is -0.330. The van der Waals surface area contributed by atoms with Gasteiger partial charge in [-0.3, -0.25) is 9.64 Å². The molecule has 0 aliphatic carbocycles. The van der Waals surface area contributed by atoms with Crippen molar-refractivity contribution in [2.24, 2.45) is 0 Å². The van der Waals surface area contributed by atoms with Gasteiger partial charge in [-0.1, -0.05) is 6.92 Å². The largest absolute Gasteiger partial charge is 0.523 e. The number of halogens is 3. The summed E-state index contributed by atoms with van der Waals surface area (Å²) in [6, 6.07) is 0. The van der Waals surface area contributed by atoms with Gasteiger partial charge >= 0.3 is 6.36 Å². The summed E-state index contributed by atoms with van der Waals surface area (Å²) in [5, 5.41) is 3.00. The molecule has 13 heavy (non-hydrogen) atoms. The Balaban J connectivity index is 3.35. The van der Waals surface area contributed by atoms with E-state index in [-0.39, 0.29) is 0 Å². The summed E-state index contributed by atoms with van der Waals surface area (Å²) in [4.78, 5) is 1.45. The first kappa shape index (κ1) is 12.7. The molecule has 0 amide bonds. The summed E-state index contributed by atoms with van der Waals surface area (Å²) < 4.78 is 38.2. The first-order chi connectivity index (χ1) is 5.95. The van der Waals surface area contributed by atoms with E-state index in [2.05, 4.69) is 10.1 Å². The van der Waals surface area contributed by atoms with Crippen molar-refractivity contribution in [3.8, 4) is 0 Å². The number of nitrogens with zero attached hydrogens (tertiary/aromatic N) is 1. The van der Waals surface area contributed by atoms with Crippen LogP contribution >= 0.6 is 0 Å². The molecular formula is C7H15F3N2O. The van der Waals surface area contributed by atoms with Crippen LogP contribution in [0, 0.1) is 0 Å². The molecular weight excluding hydrogens is 185 g/mol. The maximum atomic E-state index is 11.5. The van der Waals surface area contributed by atoms with Crippen molar-refractivity contribution < 1.29 is 17.9 Å². The van der Waals surface area contributed by atoms with Crippen LogP contribution in [-0.4, -0.2) is 44.7 Å². The Morgan fingerprint density at radius 1 is 1.38 bits per heavy atom. The minimum absolute atomic E-state index is 0.422. The summed E-state index contributed by atoms with van der Waals surface area (Å²) in [6.07, 6.45) is -4.54. The lowest BCUT2D eigenvalue weighted by Crippen LogP contribution is -2.33. The summed E-state index contributed by atoms with van der Waals surface area (Å²) in [7, 11) is 1.57. The predicted octanol–water partition coefficient (Wildman–Crippen LogP) is 1.02. The molecule has 0 heterocycles. The molecule has 0 aliphatic rings. The van der Waals surface area contributed by atoms with Gasteiger partial charge in [-0.25, -0.2) is 0 Å². The van der Waals surface area contributed by atoms with Crippen molar-refractivity contribution in [3.05, 3.63) is 0 Å². The van der Waals surface area contributed by atoms with E-state index in [4.69, 9.17) is 0 Å². The van der Waals surface area contributed by atoms with Gasteiger partial charge in [0.05, 0.1) is 0 Å². The quantitative estimate of drug-likeness (QED) is 0.512. The molecule has 0 aromatic heterocycles. The average Bonchev–Trinajstić information content (AvgIpc) is 2.00. The summed E-state index contributed by atoms with van der Waals surface area (Å²) >= 11 is 0.